The zero-order valence-electron chi connectivity index (χ0n) is 11.2. The standard InChI is InChI=1S/C14H17F3N2/c1-13(2,3)10-4-6-12(7-5-10)19-9-11(8-18)14(15,16)17/h4-7,11,19H,9H2,1-3H3. The van der Waals surface area contributed by atoms with Crippen LogP contribution in [0.15, 0.2) is 24.3 Å². The maximum atomic E-state index is 12.4. The highest BCUT2D eigenvalue weighted by Crippen LogP contribution is 2.27. The summed E-state index contributed by atoms with van der Waals surface area (Å²) in [6.45, 7) is 5.75. The Balaban J connectivity index is 2.67. The van der Waals surface area contributed by atoms with Gasteiger partial charge in [0.15, 0.2) is 5.92 Å². The fourth-order valence-electron chi connectivity index (χ4n) is 1.54. The van der Waals surface area contributed by atoms with Gasteiger partial charge in [0.1, 0.15) is 0 Å². The van der Waals surface area contributed by atoms with Crippen LogP contribution in [0.5, 0.6) is 0 Å². The molecule has 0 aliphatic carbocycles. The van der Waals surface area contributed by atoms with Gasteiger partial charge in [-0.15, -0.1) is 0 Å². The average molecular weight is 270 g/mol. The number of anilines is 1. The van der Waals surface area contributed by atoms with E-state index in [1.54, 1.807) is 12.1 Å². The Kier molecular flexibility index (Phi) is 4.46. The minimum absolute atomic E-state index is 0.000308. The third-order valence-electron chi connectivity index (χ3n) is 2.81. The van der Waals surface area contributed by atoms with Gasteiger partial charge in [0, 0.05) is 12.2 Å². The summed E-state index contributed by atoms with van der Waals surface area (Å²) in [7, 11) is 0. The van der Waals surface area contributed by atoms with Crippen molar-refractivity contribution in [2.45, 2.75) is 32.4 Å². The van der Waals surface area contributed by atoms with E-state index in [9.17, 15) is 13.2 Å². The van der Waals surface area contributed by atoms with Crippen LogP contribution < -0.4 is 5.32 Å². The van der Waals surface area contributed by atoms with E-state index in [1.165, 1.54) is 6.07 Å². The van der Waals surface area contributed by atoms with Crippen LogP contribution >= 0.6 is 0 Å². The SMILES string of the molecule is CC(C)(C)c1ccc(NCC(C#N)C(F)(F)F)cc1. The van der Waals surface area contributed by atoms with Crippen molar-refractivity contribution in [3.63, 3.8) is 0 Å². The second-order valence-corrected chi connectivity index (χ2v) is 5.43. The smallest absolute Gasteiger partial charge is 0.383 e. The molecule has 0 aromatic heterocycles. The molecule has 0 radical (unpaired) electrons. The fourth-order valence-corrected chi connectivity index (χ4v) is 1.54. The lowest BCUT2D eigenvalue weighted by atomic mass is 9.87. The number of nitrogens with one attached hydrogen (secondary N) is 1. The van der Waals surface area contributed by atoms with E-state index in [1.807, 2.05) is 12.1 Å². The summed E-state index contributed by atoms with van der Waals surface area (Å²) in [6.07, 6.45) is -4.49. The number of alkyl halides is 3. The Bertz CT molecular complexity index is 450. The molecule has 0 saturated heterocycles. The van der Waals surface area contributed by atoms with E-state index in [-0.39, 0.29) is 5.41 Å². The third kappa shape index (κ3) is 4.47. The largest absolute Gasteiger partial charge is 0.406 e. The van der Waals surface area contributed by atoms with Crippen molar-refractivity contribution >= 4 is 5.69 Å². The highest BCUT2D eigenvalue weighted by molar-refractivity contribution is 5.46. The molecule has 1 atom stereocenters. The van der Waals surface area contributed by atoms with Crippen LogP contribution in [0.4, 0.5) is 18.9 Å². The molecule has 2 nitrogen and oxygen atoms in total. The van der Waals surface area contributed by atoms with Crippen molar-refractivity contribution in [1.29, 1.82) is 5.26 Å². The van der Waals surface area contributed by atoms with Crippen molar-refractivity contribution in [2.75, 3.05) is 11.9 Å². The first-order chi connectivity index (χ1) is 8.64. The number of hydrogen-bond acceptors (Lipinski definition) is 2. The molecule has 0 saturated carbocycles. The van der Waals surface area contributed by atoms with Crippen molar-refractivity contribution in [1.82, 2.24) is 0 Å². The Morgan fingerprint density at radius 2 is 1.68 bits per heavy atom. The number of nitriles is 1. The zero-order valence-corrected chi connectivity index (χ0v) is 11.2. The van der Waals surface area contributed by atoms with E-state index >= 15 is 0 Å². The van der Waals surface area contributed by atoms with Gasteiger partial charge in [-0.2, -0.15) is 18.4 Å². The van der Waals surface area contributed by atoms with Crippen LogP contribution in [0.3, 0.4) is 0 Å². The summed E-state index contributed by atoms with van der Waals surface area (Å²) in [5, 5.41) is 11.1. The molecule has 0 fully saturated rings. The normalized spacial score (nSPS) is 13.7. The van der Waals surface area contributed by atoms with Gasteiger partial charge < -0.3 is 5.32 Å². The summed E-state index contributed by atoms with van der Waals surface area (Å²) in [5.41, 5.74) is 1.68. The van der Waals surface area contributed by atoms with Crippen LogP contribution in [-0.4, -0.2) is 12.7 Å². The third-order valence-corrected chi connectivity index (χ3v) is 2.81. The van der Waals surface area contributed by atoms with E-state index in [0.717, 1.165) is 5.56 Å². The first kappa shape index (κ1) is 15.4. The molecule has 0 aliphatic rings. The van der Waals surface area contributed by atoms with Gasteiger partial charge in [0.05, 0.1) is 6.07 Å². The quantitative estimate of drug-likeness (QED) is 0.897. The maximum absolute atomic E-state index is 12.4. The molecule has 104 valence electrons. The summed E-state index contributed by atoms with van der Waals surface area (Å²) < 4.78 is 37.1. The van der Waals surface area contributed by atoms with Crippen molar-refractivity contribution in [2.24, 2.45) is 5.92 Å². The molecule has 1 N–H and O–H groups in total. The molecule has 5 heteroatoms. The van der Waals surface area contributed by atoms with E-state index in [0.29, 0.717) is 5.69 Å². The second-order valence-electron chi connectivity index (χ2n) is 5.43. The predicted octanol–water partition coefficient (Wildman–Crippen LogP) is 4.10. The van der Waals surface area contributed by atoms with Gasteiger partial charge in [0.25, 0.3) is 0 Å². The molecule has 0 heterocycles. The highest BCUT2D eigenvalue weighted by Gasteiger charge is 2.39. The molecule has 0 amide bonds. The molecule has 1 unspecified atom stereocenters. The van der Waals surface area contributed by atoms with Crippen LogP contribution in [-0.2, 0) is 5.41 Å². The van der Waals surface area contributed by atoms with Crippen LogP contribution in [0.1, 0.15) is 26.3 Å². The van der Waals surface area contributed by atoms with Crippen LogP contribution in [0.25, 0.3) is 0 Å². The monoisotopic (exact) mass is 270 g/mol. The van der Waals surface area contributed by atoms with Gasteiger partial charge in [-0.25, -0.2) is 0 Å². The second kappa shape index (κ2) is 5.52. The Morgan fingerprint density at radius 3 is 2.05 bits per heavy atom. The Hall–Kier alpha value is -1.70. The predicted molar refractivity (Wildman–Crippen MR) is 68.8 cm³/mol. The van der Waals surface area contributed by atoms with Crippen LogP contribution in [0, 0.1) is 17.2 Å². The molecule has 1 aromatic carbocycles. The lowest BCUT2D eigenvalue weighted by molar-refractivity contribution is -0.155. The van der Waals surface area contributed by atoms with Crippen molar-refractivity contribution in [3.8, 4) is 6.07 Å². The minimum Gasteiger partial charge on any atom is -0.383 e. The fraction of sp³-hybridized carbons (Fsp3) is 0.500. The summed E-state index contributed by atoms with van der Waals surface area (Å²) in [6, 6.07) is 8.46. The molecule has 1 aromatic rings. The lowest BCUT2D eigenvalue weighted by Crippen LogP contribution is -2.28. The molecule has 0 aliphatic heterocycles. The van der Waals surface area contributed by atoms with Gasteiger partial charge in [-0.1, -0.05) is 32.9 Å². The molecule has 0 spiro atoms. The number of benzene rings is 1. The summed E-state index contributed by atoms with van der Waals surface area (Å²) in [4.78, 5) is 0. The average Bonchev–Trinajstić information content (AvgIpc) is 2.27. The minimum atomic E-state index is -4.49. The maximum Gasteiger partial charge on any atom is 0.406 e. The van der Waals surface area contributed by atoms with Crippen LogP contribution in [0.2, 0.25) is 0 Å². The molecular formula is C14H17F3N2. The first-order valence-corrected chi connectivity index (χ1v) is 5.95. The van der Waals surface area contributed by atoms with Crippen molar-refractivity contribution < 1.29 is 13.2 Å². The molecule has 1 rings (SSSR count). The topological polar surface area (TPSA) is 35.8 Å². The van der Waals surface area contributed by atoms with Gasteiger partial charge in [-0.05, 0) is 23.1 Å². The molecule has 0 bridgehead atoms. The van der Waals surface area contributed by atoms with Gasteiger partial charge >= 0.3 is 6.18 Å². The van der Waals surface area contributed by atoms with Gasteiger partial charge in [-0.3, -0.25) is 0 Å². The van der Waals surface area contributed by atoms with E-state index in [4.69, 9.17) is 5.26 Å². The zero-order chi connectivity index (χ0) is 14.7. The highest BCUT2D eigenvalue weighted by atomic mass is 19.4. The Morgan fingerprint density at radius 1 is 1.16 bits per heavy atom. The van der Waals surface area contributed by atoms with Gasteiger partial charge in [0.2, 0.25) is 0 Å². The summed E-state index contributed by atoms with van der Waals surface area (Å²) in [5.74, 6) is -1.99. The van der Waals surface area contributed by atoms with Crippen molar-refractivity contribution in [3.05, 3.63) is 29.8 Å². The Labute approximate surface area is 111 Å². The van der Waals surface area contributed by atoms with E-state index in [2.05, 4.69) is 26.1 Å². The molecule has 19 heavy (non-hydrogen) atoms. The number of nitrogens with zero attached hydrogens (tertiary/aromatic N) is 1. The number of halogens is 3. The summed E-state index contributed by atoms with van der Waals surface area (Å²) >= 11 is 0. The molecular weight excluding hydrogens is 253 g/mol. The number of rotatable bonds is 3. The first-order valence-electron chi connectivity index (χ1n) is 5.95. The van der Waals surface area contributed by atoms with E-state index < -0.39 is 18.6 Å². The lowest BCUT2D eigenvalue weighted by Gasteiger charge is -2.20. The number of hydrogen-bond donors (Lipinski definition) is 1.